The fourth-order valence-corrected chi connectivity index (χ4v) is 2.35. The van der Waals surface area contributed by atoms with E-state index < -0.39 is 0 Å². The third-order valence-electron chi connectivity index (χ3n) is 3.50. The SMILES string of the molecule is CCC(=O)N1CCCN(c2ccnc(N(C)C)n2)CC1. The van der Waals surface area contributed by atoms with Crippen LogP contribution >= 0.6 is 0 Å². The molecule has 0 spiro atoms. The van der Waals surface area contributed by atoms with Gasteiger partial charge in [0, 0.05) is 52.9 Å². The predicted octanol–water partition coefficient (Wildman–Crippen LogP) is 0.991. The molecule has 1 saturated heterocycles. The first-order valence-electron chi connectivity index (χ1n) is 7.15. The highest BCUT2D eigenvalue weighted by Crippen LogP contribution is 2.16. The monoisotopic (exact) mass is 277 g/mol. The Kier molecular flexibility index (Phi) is 4.76. The van der Waals surface area contributed by atoms with Crippen molar-refractivity contribution in [1.29, 1.82) is 0 Å². The number of anilines is 2. The van der Waals surface area contributed by atoms with Gasteiger partial charge in [0.25, 0.3) is 0 Å². The van der Waals surface area contributed by atoms with Gasteiger partial charge in [0.1, 0.15) is 5.82 Å². The molecule has 0 saturated carbocycles. The summed E-state index contributed by atoms with van der Waals surface area (Å²) in [5.41, 5.74) is 0. The molecule has 1 aromatic rings. The predicted molar refractivity (Wildman–Crippen MR) is 80.1 cm³/mol. The summed E-state index contributed by atoms with van der Waals surface area (Å²) in [5, 5.41) is 0. The van der Waals surface area contributed by atoms with Gasteiger partial charge in [0.15, 0.2) is 0 Å². The lowest BCUT2D eigenvalue weighted by molar-refractivity contribution is -0.130. The molecule has 0 aliphatic carbocycles. The van der Waals surface area contributed by atoms with E-state index in [9.17, 15) is 4.79 Å². The molecule has 1 aromatic heterocycles. The molecular weight excluding hydrogens is 254 g/mol. The van der Waals surface area contributed by atoms with Gasteiger partial charge in [-0.05, 0) is 12.5 Å². The van der Waals surface area contributed by atoms with E-state index in [0.717, 1.165) is 38.4 Å². The summed E-state index contributed by atoms with van der Waals surface area (Å²) in [6.45, 7) is 5.29. The number of aromatic nitrogens is 2. The van der Waals surface area contributed by atoms with Crippen LogP contribution in [0.4, 0.5) is 11.8 Å². The summed E-state index contributed by atoms with van der Waals surface area (Å²) in [6, 6.07) is 1.93. The van der Waals surface area contributed by atoms with Crippen LogP contribution in [0.3, 0.4) is 0 Å². The largest absolute Gasteiger partial charge is 0.355 e. The first-order valence-corrected chi connectivity index (χ1v) is 7.15. The number of nitrogens with zero attached hydrogens (tertiary/aromatic N) is 5. The molecule has 0 atom stereocenters. The van der Waals surface area contributed by atoms with E-state index in [1.165, 1.54) is 0 Å². The van der Waals surface area contributed by atoms with Crippen LogP contribution in [0.5, 0.6) is 0 Å². The second kappa shape index (κ2) is 6.54. The number of hydrogen-bond acceptors (Lipinski definition) is 5. The summed E-state index contributed by atoms with van der Waals surface area (Å²) in [5.74, 6) is 1.89. The van der Waals surface area contributed by atoms with Crippen LogP contribution < -0.4 is 9.80 Å². The molecule has 0 radical (unpaired) electrons. The van der Waals surface area contributed by atoms with Gasteiger partial charge in [0.05, 0.1) is 0 Å². The van der Waals surface area contributed by atoms with E-state index >= 15 is 0 Å². The van der Waals surface area contributed by atoms with Crippen molar-refractivity contribution in [3.8, 4) is 0 Å². The first-order chi connectivity index (χ1) is 9.61. The number of rotatable bonds is 3. The zero-order valence-corrected chi connectivity index (χ0v) is 12.5. The quantitative estimate of drug-likeness (QED) is 0.825. The second-order valence-corrected chi connectivity index (χ2v) is 5.18. The Balaban J connectivity index is 2.06. The van der Waals surface area contributed by atoms with Gasteiger partial charge in [-0.1, -0.05) is 6.92 Å². The zero-order valence-electron chi connectivity index (χ0n) is 12.5. The van der Waals surface area contributed by atoms with Gasteiger partial charge in [-0.25, -0.2) is 4.98 Å². The highest BCUT2D eigenvalue weighted by Gasteiger charge is 2.19. The molecule has 6 nitrogen and oxygen atoms in total. The lowest BCUT2D eigenvalue weighted by atomic mass is 10.3. The highest BCUT2D eigenvalue weighted by molar-refractivity contribution is 5.75. The maximum absolute atomic E-state index is 11.8. The van der Waals surface area contributed by atoms with Gasteiger partial charge in [-0.3, -0.25) is 4.79 Å². The van der Waals surface area contributed by atoms with Crippen molar-refractivity contribution in [2.24, 2.45) is 0 Å². The van der Waals surface area contributed by atoms with Crippen LogP contribution in [0.2, 0.25) is 0 Å². The van der Waals surface area contributed by atoms with E-state index in [2.05, 4.69) is 14.9 Å². The van der Waals surface area contributed by atoms with Crippen molar-refractivity contribution in [1.82, 2.24) is 14.9 Å². The molecule has 1 fully saturated rings. The van der Waals surface area contributed by atoms with E-state index in [1.807, 2.05) is 36.9 Å². The van der Waals surface area contributed by atoms with Gasteiger partial charge >= 0.3 is 0 Å². The maximum Gasteiger partial charge on any atom is 0.226 e. The van der Waals surface area contributed by atoms with E-state index in [0.29, 0.717) is 12.4 Å². The summed E-state index contributed by atoms with van der Waals surface area (Å²) < 4.78 is 0. The van der Waals surface area contributed by atoms with Crippen LogP contribution in [0.15, 0.2) is 12.3 Å². The normalized spacial score (nSPS) is 15.9. The molecule has 110 valence electrons. The van der Waals surface area contributed by atoms with Crippen LogP contribution in [0.1, 0.15) is 19.8 Å². The number of amides is 1. The summed E-state index contributed by atoms with van der Waals surface area (Å²) in [6.07, 6.45) is 3.35. The van der Waals surface area contributed by atoms with Crippen LogP contribution in [-0.2, 0) is 4.79 Å². The fraction of sp³-hybridized carbons (Fsp3) is 0.643. The summed E-state index contributed by atoms with van der Waals surface area (Å²) >= 11 is 0. The van der Waals surface area contributed by atoms with Crippen LogP contribution in [0.25, 0.3) is 0 Å². The molecule has 6 heteroatoms. The van der Waals surface area contributed by atoms with Gasteiger partial charge in [0.2, 0.25) is 11.9 Å². The first kappa shape index (κ1) is 14.6. The van der Waals surface area contributed by atoms with Gasteiger partial charge in [-0.15, -0.1) is 0 Å². The van der Waals surface area contributed by atoms with Crippen molar-refractivity contribution >= 4 is 17.7 Å². The van der Waals surface area contributed by atoms with Crippen molar-refractivity contribution in [2.75, 3.05) is 50.1 Å². The zero-order chi connectivity index (χ0) is 14.5. The Bertz CT molecular complexity index is 463. The topological polar surface area (TPSA) is 52.6 Å². The Labute approximate surface area is 120 Å². The fourth-order valence-electron chi connectivity index (χ4n) is 2.35. The smallest absolute Gasteiger partial charge is 0.226 e. The van der Waals surface area contributed by atoms with Crippen molar-refractivity contribution in [3.05, 3.63) is 12.3 Å². The highest BCUT2D eigenvalue weighted by atomic mass is 16.2. The van der Waals surface area contributed by atoms with E-state index in [-0.39, 0.29) is 5.91 Å². The van der Waals surface area contributed by atoms with Crippen molar-refractivity contribution in [3.63, 3.8) is 0 Å². The third kappa shape index (κ3) is 3.37. The maximum atomic E-state index is 11.8. The number of carbonyl (C=O) groups is 1. The molecule has 1 aliphatic rings. The molecule has 20 heavy (non-hydrogen) atoms. The molecule has 0 bridgehead atoms. The standard InChI is InChI=1S/C14H23N5O/c1-4-13(20)19-9-5-8-18(10-11-19)12-6-7-15-14(16-12)17(2)3/h6-7H,4-5,8-11H2,1-3H3. The minimum atomic E-state index is 0.239. The van der Waals surface area contributed by atoms with E-state index in [4.69, 9.17) is 0 Å². The van der Waals surface area contributed by atoms with Crippen molar-refractivity contribution in [2.45, 2.75) is 19.8 Å². The second-order valence-electron chi connectivity index (χ2n) is 5.18. The summed E-state index contributed by atoms with van der Waals surface area (Å²) in [7, 11) is 3.87. The lowest BCUT2D eigenvalue weighted by Crippen LogP contribution is -2.35. The average molecular weight is 277 g/mol. The number of hydrogen-bond donors (Lipinski definition) is 0. The molecule has 1 aliphatic heterocycles. The Morgan fingerprint density at radius 3 is 2.80 bits per heavy atom. The van der Waals surface area contributed by atoms with E-state index in [1.54, 1.807) is 6.20 Å². The number of carbonyl (C=O) groups excluding carboxylic acids is 1. The Hall–Kier alpha value is -1.85. The minimum Gasteiger partial charge on any atom is -0.355 e. The lowest BCUT2D eigenvalue weighted by Gasteiger charge is -2.23. The van der Waals surface area contributed by atoms with Crippen LogP contribution in [-0.4, -0.2) is 61.0 Å². The molecule has 0 N–H and O–H groups in total. The van der Waals surface area contributed by atoms with Gasteiger partial charge in [-0.2, -0.15) is 4.98 Å². The molecule has 0 aromatic carbocycles. The molecule has 1 amide bonds. The molecule has 0 unspecified atom stereocenters. The van der Waals surface area contributed by atoms with Crippen LogP contribution in [0, 0.1) is 0 Å². The minimum absolute atomic E-state index is 0.239. The third-order valence-corrected chi connectivity index (χ3v) is 3.50. The molecule has 2 rings (SSSR count). The van der Waals surface area contributed by atoms with Gasteiger partial charge < -0.3 is 14.7 Å². The van der Waals surface area contributed by atoms with Crippen molar-refractivity contribution < 1.29 is 4.79 Å². The Morgan fingerprint density at radius 2 is 2.10 bits per heavy atom. The Morgan fingerprint density at radius 1 is 1.30 bits per heavy atom. The molecular formula is C14H23N5O. The average Bonchev–Trinajstić information content (AvgIpc) is 2.72. The molecule has 2 heterocycles. The summed E-state index contributed by atoms with van der Waals surface area (Å²) in [4.78, 5) is 26.7.